The zero-order valence-corrected chi connectivity index (χ0v) is 16.7. The highest BCUT2D eigenvalue weighted by atomic mass is 35.5. The Balaban J connectivity index is 1.65. The molecule has 1 atom stereocenters. The van der Waals surface area contributed by atoms with Crippen molar-refractivity contribution in [1.82, 2.24) is 30.4 Å². The van der Waals surface area contributed by atoms with Crippen molar-refractivity contribution >= 4 is 23.3 Å². The highest BCUT2D eigenvalue weighted by molar-refractivity contribution is 6.31. The Morgan fingerprint density at radius 2 is 2.00 bits per heavy atom. The van der Waals surface area contributed by atoms with Crippen molar-refractivity contribution < 1.29 is 4.79 Å². The van der Waals surface area contributed by atoms with Crippen LogP contribution in [-0.4, -0.2) is 51.8 Å². The first-order chi connectivity index (χ1) is 13.5. The van der Waals surface area contributed by atoms with Gasteiger partial charge >= 0.3 is 6.03 Å². The second kappa shape index (κ2) is 8.81. The standard InChI is InChI=1S/C19H22ClN7O/c1-13-23-24-25-27(13)15-8-6-7-14(11-15)22-19(28)21-12-18(26(2)3)16-9-4-5-10-17(16)20/h4-11,18H,12H2,1-3H3,(H2,21,22,28)/t18-/m1/s1. The number of rotatable bonds is 6. The molecule has 3 rings (SSSR count). The maximum atomic E-state index is 12.4. The molecule has 0 aliphatic rings. The Morgan fingerprint density at radius 1 is 1.21 bits per heavy atom. The van der Waals surface area contributed by atoms with Gasteiger partial charge in [0.2, 0.25) is 0 Å². The molecule has 9 heteroatoms. The third kappa shape index (κ3) is 4.65. The number of urea groups is 1. The summed E-state index contributed by atoms with van der Waals surface area (Å²) in [7, 11) is 3.90. The van der Waals surface area contributed by atoms with Crippen molar-refractivity contribution in [2.45, 2.75) is 13.0 Å². The van der Waals surface area contributed by atoms with Crippen LogP contribution < -0.4 is 10.6 Å². The van der Waals surface area contributed by atoms with Gasteiger partial charge in [0.05, 0.1) is 11.7 Å². The Bertz CT molecular complexity index is 957. The van der Waals surface area contributed by atoms with Crippen LogP contribution in [0.3, 0.4) is 0 Å². The number of benzene rings is 2. The number of halogens is 1. The normalized spacial score (nSPS) is 12.0. The molecule has 0 saturated carbocycles. The van der Waals surface area contributed by atoms with E-state index in [4.69, 9.17) is 11.6 Å². The Labute approximate surface area is 168 Å². The maximum Gasteiger partial charge on any atom is 0.319 e. The number of aromatic nitrogens is 4. The Kier molecular flexibility index (Phi) is 6.23. The first-order valence-corrected chi connectivity index (χ1v) is 9.14. The number of aryl methyl sites for hydroxylation is 1. The molecule has 146 valence electrons. The lowest BCUT2D eigenvalue weighted by atomic mass is 10.1. The van der Waals surface area contributed by atoms with E-state index in [2.05, 4.69) is 26.2 Å². The molecule has 2 N–H and O–H groups in total. The molecule has 0 unspecified atom stereocenters. The number of hydrogen-bond donors (Lipinski definition) is 2. The first-order valence-electron chi connectivity index (χ1n) is 8.77. The van der Waals surface area contributed by atoms with Gasteiger partial charge in [0.1, 0.15) is 0 Å². The largest absolute Gasteiger partial charge is 0.336 e. The maximum absolute atomic E-state index is 12.4. The number of likely N-dealkylation sites (N-methyl/N-ethyl adjacent to an activating group) is 1. The number of tetrazole rings is 1. The van der Waals surface area contributed by atoms with E-state index in [0.717, 1.165) is 11.3 Å². The summed E-state index contributed by atoms with van der Waals surface area (Å²) in [4.78, 5) is 14.4. The minimum absolute atomic E-state index is 0.0466. The van der Waals surface area contributed by atoms with E-state index in [1.807, 2.05) is 62.3 Å². The van der Waals surface area contributed by atoms with Crippen LogP contribution in [0.15, 0.2) is 48.5 Å². The van der Waals surface area contributed by atoms with E-state index in [9.17, 15) is 4.79 Å². The van der Waals surface area contributed by atoms with E-state index in [-0.39, 0.29) is 12.1 Å². The smallest absolute Gasteiger partial charge is 0.319 e. The van der Waals surface area contributed by atoms with E-state index in [1.165, 1.54) is 0 Å². The summed E-state index contributed by atoms with van der Waals surface area (Å²) in [5.41, 5.74) is 2.37. The number of anilines is 1. The highest BCUT2D eigenvalue weighted by Crippen LogP contribution is 2.25. The molecule has 28 heavy (non-hydrogen) atoms. The lowest BCUT2D eigenvalue weighted by Gasteiger charge is -2.26. The van der Waals surface area contributed by atoms with E-state index in [1.54, 1.807) is 16.8 Å². The van der Waals surface area contributed by atoms with Crippen LogP contribution in [0.1, 0.15) is 17.4 Å². The molecule has 2 aromatic carbocycles. The summed E-state index contributed by atoms with van der Waals surface area (Å²) < 4.78 is 1.60. The van der Waals surface area contributed by atoms with Crippen molar-refractivity contribution in [1.29, 1.82) is 0 Å². The summed E-state index contributed by atoms with van der Waals surface area (Å²) in [5.74, 6) is 0.662. The van der Waals surface area contributed by atoms with Crippen molar-refractivity contribution in [2.75, 3.05) is 26.0 Å². The minimum atomic E-state index is -0.301. The van der Waals surface area contributed by atoms with Gasteiger partial charge < -0.3 is 15.5 Å². The van der Waals surface area contributed by atoms with E-state index < -0.39 is 0 Å². The quantitative estimate of drug-likeness (QED) is 0.665. The van der Waals surface area contributed by atoms with Gasteiger partial charge in [-0.25, -0.2) is 4.79 Å². The molecule has 2 amide bonds. The van der Waals surface area contributed by atoms with Crippen LogP contribution >= 0.6 is 11.6 Å². The highest BCUT2D eigenvalue weighted by Gasteiger charge is 2.18. The summed E-state index contributed by atoms with van der Waals surface area (Å²) in [5, 5.41) is 17.9. The molecular formula is C19H22ClN7O. The molecule has 0 aliphatic heterocycles. The van der Waals surface area contributed by atoms with Crippen LogP contribution in [0.5, 0.6) is 0 Å². The van der Waals surface area contributed by atoms with Gasteiger partial charge in [-0.15, -0.1) is 5.10 Å². The lowest BCUT2D eigenvalue weighted by Crippen LogP contribution is -2.37. The van der Waals surface area contributed by atoms with Crippen LogP contribution in [-0.2, 0) is 0 Å². The van der Waals surface area contributed by atoms with Gasteiger partial charge in [-0.05, 0) is 61.3 Å². The second-order valence-electron chi connectivity index (χ2n) is 6.52. The summed E-state index contributed by atoms with van der Waals surface area (Å²) in [6, 6.07) is 14.6. The molecule has 0 spiro atoms. The number of nitrogens with one attached hydrogen (secondary N) is 2. The third-order valence-corrected chi connectivity index (χ3v) is 4.66. The number of hydrogen-bond acceptors (Lipinski definition) is 5. The Morgan fingerprint density at radius 3 is 2.68 bits per heavy atom. The monoisotopic (exact) mass is 399 g/mol. The first kappa shape index (κ1) is 19.8. The molecule has 0 saturated heterocycles. The fraction of sp³-hybridized carbons (Fsp3) is 0.263. The van der Waals surface area contributed by atoms with Gasteiger partial charge in [0.15, 0.2) is 5.82 Å². The topological polar surface area (TPSA) is 88.0 Å². The number of amides is 2. The molecule has 0 fully saturated rings. The number of carbonyl (C=O) groups excluding carboxylic acids is 1. The van der Waals surface area contributed by atoms with E-state index >= 15 is 0 Å². The molecule has 0 radical (unpaired) electrons. The zero-order chi connectivity index (χ0) is 20.1. The fourth-order valence-electron chi connectivity index (χ4n) is 2.87. The molecule has 1 heterocycles. The number of nitrogens with zero attached hydrogens (tertiary/aromatic N) is 5. The van der Waals surface area contributed by atoms with Gasteiger partial charge in [0.25, 0.3) is 0 Å². The van der Waals surface area contributed by atoms with Crippen molar-refractivity contribution in [2.24, 2.45) is 0 Å². The second-order valence-corrected chi connectivity index (χ2v) is 6.93. The average molecular weight is 400 g/mol. The Hall–Kier alpha value is -2.97. The fourth-order valence-corrected chi connectivity index (χ4v) is 3.13. The van der Waals surface area contributed by atoms with E-state index in [0.29, 0.717) is 23.1 Å². The summed E-state index contributed by atoms with van der Waals surface area (Å²) in [6.45, 7) is 2.22. The van der Waals surface area contributed by atoms with Crippen LogP contribution in [0, 0.1) is 6.92 Å². The van der Waals surface area contributed by atoms with Gasteiger partial charge in [-0.3, -0.25) is 0 Å². The van der Waals surface area contributed by atoms with Gasteiger partial charge in [0, 0.05) is 17.3 Å². The summed E-state index contributed by atoms with van der Waals surface area (Å²) in [6.07, 6.45) is 0. The molecule has 8 nitrogen and oxygen atoms in total. The van der Waals surface area contributed by atoms with Crippen molar-refractivity contribution in [3.63, 3.8) is 0 Å². The molecule has 1 aromatic heterocycles. The summed E-state index contributed by atoms with van der Waals surface area (Å²) >= 11 is 6.31. The van der Waals surface area contributed by atoms with Crippen LogP contribution in [0.4, 0.5) is 10.5 Å². The SMILES string of the molecule is Cc1nnnn1-c1cccc(NC(=O)NC[C@H](c2ccccc2Cl)N(C)C)c1. The lowest BCUT2D eigenvalue weighted by molar-refractivity contribution is 0.243. The molecule has 0 bridgehead atoms. The zero-order valence-electron chi connectivity index (χ0n) is 15.9. The molecule has 3 aromatic rings. The average Bonchev–Trinajstić information content (AvgIpc) is 3.09. The van der Waals surface area contributed by atoms with Gasteiger partial charge in [-0.1, -0.05) is 35.9 Å². The molecular weight excluding hydrogens is 378 g/mol. The predicted octanol–water partition coefficient (Wildman–Crippen LogP) is 3.05. The van der Waals surface area contributed by atoms with Crippen LogP contribution in [0.25, 0.3) is 5.69 Å². The van der Waals surface area contributed by atoms with Crippen LogP contribution in [0.2, 0.25) is 5.02 Å². The molecule has 0 aliphatic carbocycles. The predicted molar refractivity (Wildman–Crippen MR) is 109 cm³/mol. The minimum Gasteiger partial charge on any atom is -0.336 e. The third-order valence-electron chi connectivity index (χ3n) is 4.32. The number of carbonyl (C=O) groups is 1. The van der Waals surface area contributed by atoms with Crippen molar-refractivity contribution in [3.05, 3.63) is 64.9 Å². The van der Waals surface area contributed by atoms with Crippen molar-refractivity contribution in [3.8, 4) is 5.69 Å². The van der Waals surface area contributed by atoms with Gasteiger partial charge in [-0.2, -0.15) is 4.68 Å².